The van der Waals surface area contributed by atoms with Crippen LogP contribution in [0, 0.1) is 5.41 Å². The summed E-state index contributed by atoms with van der Waals surface area (Å²) >= 11 is 1.44. The van der Waals surface area contributed by atoms with Gasteiger partial charge in [0, 0.05) is 5.56 Å². The van der Waals surface area contributed by atoms with Crippen LogP contribution in [0.5, 0.6) is 0 Å². The summed E-state index contributed by atoms with van der Waals surface area (Å²) in [6, 6.07) is 9.02. The van der Waals surface area contributed by atoms with Crippen molar-refractivity contribution in [2.75, 3.05) is 12.3 Å². The van der Waals surface area contributed by atoms with E-state index in [4.69, 9.17) is 5.41 Å². The van der Waals surface area contributed by atoms with Crippen LogP contribution in [0.1, 0.15) is 17.3 Å². The summed E-state index contributed by atoms with van der Waals surface area (Å²) in [7, 11) is 0. The van der Waals surface area contributed by atoms with E-state index in [0.29, 0.717) is 17.2 Å². The second-order valence-electron chi connectivity index (χ2n) is 2.90. The Kier molecular flexibility index (Phi) is 4.90. The molecule has 0 unspecified atom stereocenters. The number of rotatable bonds is 4. The number of carbonyl (C=O) groups excluding carboxylic acids is 1. The van der Waals surface area contributed by atoms with Gasteiger partial charge in [0.15, 0.2) is 0 Å². The Morgan fingerprint density at radius 1 is 1.40 bits per heavy atom. The maximum Gasteiger partial charge on any atom is 0.251 e. The number of hydrogen-bond acceptors (Lipinski definition) is 3. The van der Waals surface area contributed by atoms with Gasteiger partial charge in [0.25, 0.3) is 5.91 Å². The molecule has 0 saturated carbocycles. The molecule has 0 radical (unpaired) electrons. The van der Waals surface area contributed by atoms with Crippen LogP contribution in [-0.4, -0.2) is 23.2 Å². The zero-order chi connectivity index (χ0) is 11.1. The molecule has 0 fully saturated rings. The molecule has 4 heteroatoms. The molecule has 0 heterocycles. The van der Waals surface area contributed by atoms with Crippen LogP contribution >= 0.6 is 11.8 Å². The van der Waals surface area contributed by atoms with Gasteiger partial charge in [-0.1, -0.05) is 25.1 Å². The van der Waals surface area contributed by atoms with E-state index in [1.54, 1.807) is 12.1 Å². The zero-order valence-corrected chi connectivity index (χ0v) is 9.43. The molecule has 1 aromatic rings. The molecule has 0 spiro atoms. The predicted molar refractivity (Wildman–Crippen MR) is 64.6 cm³/mol. The number of amides is 1. The van der Waals surface area contributed by atoms with E-state index in [1.807, 2.05) is 25.1 Å². The number of benzene rings is 1. The number of nitrogens with one attached hydrogen (secondary N) is 2. The van der Waals surface area contributed by atoms with E-state index in [1.165, 1.54) is 11.8 Å². The van der Waals surface area contributed by atoms with E-state index in [9.17, 15) is 4.79 Å². The van der Waals surface area contributed by atoms with Gasteiger partial charge in [-0.15, -0.1) is 11.8 Å². The highest BCUT2D eigenvalue weighted by Crippen LogP contribution is 2.01. The Balaban J connectivity index is 2.40. The van der Waals surface area contributed by atoms with Gasteiger partial charge in [-0.05, 0) is 17.9 Å². The fourth-order valence-electron chi connectivity index (χ4n) is 1.08. The van der Waals surface area contributed by atoms with Gasteiger partial charge >= 0.3 is 0 Å². The lowest BCUT2D eigenvalue weighted by Gasteiger charge is -2.05. The molecule has 1 rings (SSSR count). The molecule has 2 N–H and O–H groups in total. The quantitative estimate of drug-likeness (QED) is 0.606. The van der Waals surface area contributed by atoms with Crippen LogP contribution in [0.3, 0.4) is 0 Å². The van der Waals surface area contributed by atoms with E-state index in [-0.39, 0.29) is 5.91 Å². The lowest BCUT2D eigenvalue weighted by molar-refractivity contribution is 0.0959. The molecule has 0 saturated heterocycles. The number of hydrogen-bond donors (Lipinski definition) is 2. The highest BCUT2D eigenvalue weighted by atomic mass is 32.2. The molecule has 0 aliphatic heterocycles. The van der Waals surface area contributed by atoms with Crippen LogP contribution in [-0.2, 0) is 0 Å². The smallest absolute Gasteiger partial charge is 0.251 e. The summed E-state index contributed by atoms with van der Waals surface area (Å²) in [5.41, 5.74) is 0.631. The van der Waals surface area contributed by atoms with Crippen molar-refractivity contribution in [1.29, 1.82) is 5.41 Å². The highest BCUT2D eigenvalue weighted by Gasteiger charge is 2.04. The average molecular weight is 222 g/mol. The minimum absolute atomic E-state index is 0.128. The molecule has 0 aromatic heterocycles. The Morgan fingerprint density at radius 2 is 2.07 bits per heavy atom. The normalized spacial score (nSPS) is 9.67. The van der Waals surface area contributed by atoms with Gasteiger partial charge in [-0.2, -0.15) is 0 Å². The minimum atomic E-state index is -0.128. The summed E-state index contributed by atoms with van der Waals surface area (Å²) < 4.78 is 0. The predicted octanol–water partition coefficient (Wildman–Crippen LogP) is 2.15. The van der Waals surface area contributed by atoms with Crippen molar-refractivity contribution in [3.8, 4) is 0 Å². The van der Waals surface area contributed by atoms with E-state index < -0.39 is 0 Å². The summed E-state index contributed by atoms with van der Waals surface area (Å²) in [5, 5.41) is 10.7. The van der Waals surface area contributed by atoms with Gasteiger partial charge in [-0.25, -0.2) is 0 Å². The van der Waals surface area contributed by atoms with Gasteiger partial charge in [0.2, 0.25) is 0 Å². The Labute approximate surface area is 93.8 Å². The maximum atomic E-state index is 11.5. The average Bonchev–Trinajstić information content (AvgIpc) is 2.27. The van der Waals surface area contributed by atoms with Crippen molar-refractivity contribution in [2.24, 2.45) is 0 Å². The topological polar surface area (TPSA) is 53.0 Å². The lowest BCUT2D eigenvalue weighted by Crippen LogP contribution is -2.27. The summed E-state index contributed by atoms with van der Waals surface area (Å²) in [5.74, 6) is 0.733. The second-order valence-corrected chi connectivity index (χ2v) is 4.26. The summed E-state index contributed by atoms with van der Waals surface area (Å²) in [4.78, 5) is 11.5. The first-order valence-electron chi connectivity index (χ1n) is 4.77. The Morgan fingerprint density at radius 3 is 2.67 bits per heavy atom. The summed E-state index contributed by atoms with van der Waals surface area (Å²) in [6.07, 6.45) is 0. The highest BCUT2D eigenvalue weighted by molar-refractivity contribution is 8.13. The fraction of sp³-hybridized carbons (Fsp3) is 0.273. The van der Waals surface area contributed by atoms with E-state index in [2.05, 4.69) is 5.32 Å². The van der Waals surface area contributed by atoms with Crippen molar-refractivity contribution in [1.82, 2.24) is 5.32 Å². The van der Waals surface area contributed by atoms with Crippen molar-refractivity contribution >= 4 is 22.7 Å². The maximum absolute atomic E-state index is 11.5. The molecule has 80 valence electrons. The Hall–Kier alpha value is -1.29. The van der Waals surface area contributed by atoms with E-state index in [0.717, 1.165) is 5.75 Å². The molecule has 0 bridgehead atoms. The molecule has 15 heavy (non-hydrogen) atoms. The monoisotopic (exact) mass is 222 g/mol. The number of thioether (sulfide) groups is 1. The van der Waals surface area contributed by atoms with Crippen molar-refractivity contribution in [3.05, 3.63) is 35.9 Å². The number of carbonyl (C=O) groups is 1. The van der Waals surface area contributed by atoms with Crippen LogP contribution < -0.4 is 5.32 Å². The zero-order valence-electron chi connectivity index (χ0n) is 8.62. The third-order valence-electron chi connectivity index (χ3n) is 1.76. The van der Waals surface area contributed by atoms with E-state index >= 15 is 0 Å². The molecular weight excluding hydrogens is 208 g/mol. The molecule has 1 aromatic carbocycles. The molecule has 0 aliphatic rings. The molecular formula is C11H14N2OS. The van der Waals surface area contributed by atoms with Gasteiger partial charge < -0.3 is 5.32 Å². The molecule has 0 atom stereocenters. The van der Waals surface area contributed by atoms with Crippen molar-refractivity contribution in [2.45, 2.75) is 6.92 Å². The fourth-order valence-corrected chi connectivity index (χ4v) is 1.60. The SMILES string of the molecule is CCSC(=N)CNC(=O)c1ccccc1. The first-order valence-corrected chi connectivity index (χ1v) is 5.76. The minimum Gasteiger partial charge on any atom is -0.346 e. The van der Waals surface area contributed by atoms with Crippen molar-refractivity contribution in [3.63, 3.8) is 0 Å². The first kappa shape index (κ1) is 11.8. The summed E-state index contributed by atoms with van der Waals surface area (Å²) in [6.45, 7) is 2.30. The first-order chi connectivity index (χ1) is 7.24. The third-order valence-corrected chi connectivity index (χ3v) is 2.55. The molecule has 3 nitrogen and oxygen atoms in total. The third kappa shape index (κ3) is 4.16. The van der Waals surface area contributed by atoms with Crippen LogP contribution in [0.4, 0.5) is 0 Å². The van der Waals surface area contributed by atoms with Crippen LogP contribution in [0.15, 0.2) is 30.3 Å². The van der Waals surface area contributed by atoms with Gasteiger partial charge in [0.05, 0.1) is 11.6 Å². The van der Waals surface area contributed by atoms with Crippen LogP contribution in [0.2, 0.25) is 0 Å². The van der Waals surface area contributed by atoms with Gasteiger partial charge in [-0.3, -0.25) is 10.2 Å². The lowest BCUT2D eigenvalue weighted by atomic mass is 10.2. The largest absolute Gasteiger partial charge is 0.346 e. The standard InChI is InChI=1S/C11H14N2OS/c1-2-15-10(12)8-13-11(14)9-6-4-3-5-7-9/h3-7,12H,2,8H2,1H3,(H,13,14). The second kappa shape index (κ2) is 6.24. The van der Waals surface area contributed by atoms with Crippen molar-refractivity contribution < 1.29 is 4.79 Å². The molecule has 0 aliphatic carbocycles. The van der Waals surface area contributed by atoms with Crippen LogP contribution in [0.25, 0.3) is 0 Å². The molecule has 1 amide bonds. The van der Waals surface area contributed by atoms with Gasteiger partial charge in [0.1, 0.15) is 0 Å². The Bertz CT molecular complexity index is 338.